The van der Waals surface area contributed by atoms with Gasteiger partial charge in [0, 0.05) is 11.4 Å². The van der Waals surface area contributed by atoms with Gasteiger partial charge in [-0.3, -0.25) is 0 Å². The Morgan fingerprint density at radius 1 is 1.14 bits per heavy atom. The van der Waals surface area contributed by atoms with Crippen LogP contribution in [0.3, 0.4) is 0 Å². The molecule has 1 N–H and O–H groups in total. The van der Waals surface area contributed by atoms with Gasteiger partial charge >= 0.3 is 6.18 Å². The molecule has 114 valence electrons. The Morgan fingerprint density at radius 3 is 2.33 bits per heavy atom. The van der Waals surface area contributed by atoms with E-state index in [2.05, 4.69) is 5.32 Å². The number of rotatable bonds is 4. The molecule has 21 heavy (non-hydrogen) atoms. The number of allylic oxidation sites excluding steroid dienone is 5. The number of hydrogen-bond donors (Lipinski definition) is 1. The zero-order valence-corrected chi connectivity index (χ0v) is 12.7. The first-order chi connectivity index (χ1) is 9.75. The van der Waals surface area contributed by atoms with Gasteiger partial charge in [-0.15, -0.1) is 0 Å². The molecule has 0 fully saturated rings. The lowest BCUT2D eigenvalue weighted by atomic mass is 10.1. The summed E-state index contributed by atoms with van der Waals surface area (Å²) in [6.07, 6.45) is 1.38. The molecule has 0 aromatic heterocycles. The van der Waals surface area contributed by atoms with Crippen LogP contribution in [0.25, 0.3) is 0 Å². The van der Waals surface area contributed by atoms with E-state index in [4.69, 9.17) is 0 Å². The van der Waals surface area contributed by atoms with Gasteiger partial charge in [0.2, 0.25) is 0 Å². The quantitative estimate of drug-likeness (QED) is 0.678. The average Bonchev–Trinajstić information content (AvgIpc) is 2.41. The molecule has 0 aliphatic carbocycles. The summed E-state index contributed by atoms with van der Waals surface area (Å²) in [4.78, 5) is 0. The van der Waals surface area contributed by atoms with Gasteiger partial charge < -0.3 is 5.32 Å². The normalized spacial score (nSPS) is 12.6. The molecule has 0 atom stereocenters. The third-order valence-corrected chi connectivity index (χ3v) is 2.89. The van der Waals surface area contributed by atoms with Crippen LogP contribution in [0.5, 0.6) is 0 Å². The zero-order valence-electron chi connectivity index (χ0n) is 12.7. The second-order valence-electron chi connectivity index (χ2n) is 4.95. The molecule has 0 aliphatic rings. The van der Waals surface area contributed by atoms with Crippen molar-refractivity contribution >= 4 is 5.69 Å². The lowest BCUT2D eigenvalue weighted by Crippen LogP contribution is -2.07. The molecule has 0 aliphatic heterocycles. The molecular weight excluding hydrogens is 275 g/mol. The summed E-state index contributed by atoms with van der Waals surface area (Å²) in [6, 6.07) is 5.21. The Morgan fingerprint density at radius 2 is 1.81 bits per heavy atom. The van der Waals surface area contributed by atoms with Crippen LogP contribution >= 0.6 is 0 Å². The smallest absolute Gasteiger partial charge is 0.355 e. The van der Waals surface area contributed by atoms with Gasteiger partial charge in [0.05, 0.1) is 5.56 Å². The largest absolute Gasteiger partial charge is 0.416 e. The van der Waals surface area contributed by atoms with E-state index in [9.17, 15) is 13.2 Å². The number of hydrogen-bond acceptors (Lipinski definition) is 1. The van der Waals surface area contributed by atoms with Gasteiger partial charge in [0.25, 0.3) is 0 Å². The van der Waals surface area contributed by atoms with Crippen molar-refractivity contribution in [2.45, 2.75) is 33.9 Å². The van der Waals surface area contributed by atoms with E-state index in [0.717, 1.165) is 29.0 Å². The van der Waals surface area contributed by atoms with Gasteiger partial charge in [-0.05, 0) is 51.5 Å². The minimum atomic E-state index is -4.33. The molecule has 0 unspecified atom stereocenters. The number of alkyl halides is 3. The molecule has 4 heteroatoms. The lowest BCUT2D eigenvalue weighted by Gasteiger charge is -2.15. The fourth-order valence-electron chi connectivity index (χ4n) is 1.86. The predicted octanol–water partition coefficient (Wildman–Crippen LogP) is 5.93. The van der Waals surface area contributed by atoms with E-state index in [0.29, 0.717) is 5.69 Å². The molecule has 0 bridgehead atoms. The summed E-state index contributed by atoms with van der Waals surface area (Å²) in [5.41, 5.74) is 2.56. The Bertz CT molecular complexity index is 574. The second-order valence-corrected chi connectivity index (χ2v) is 4.95. The Labute approximate surface area is 123 Å². The van der Waals surface area contributed by atoms with Gasteiger partial charge in [-0.25, -0.2) is 0 Å². The van der Waals surface area contributed by atoms with Crippen molar-refractivity contribution in [3.63, 3.8) is 0 Å². The Kier molecular flexibility index (Phi) is 5.82. The monoisotopic (exact) mass is 295 g/mol. The van der Waals surface area contributed by atoms with Crippen LogP contribution in [0, 0.1) is 0 Å². The van der Waals surface area contributed by atoms with E-state index in [1.807, 2.05) is 45.9 Å². The van der Waals surface area contributed by atoms with Crippen LogP contribution in [0.4, 0.5) is 18.9 Å². The zero-order chi connectivity index (χ0) is 16.0. The number of nitrogens with one attached hydrogen (secondary N) is 1. The topological polar surface area (TPSA) is 12.0 Å². The summed E-state index contributed by atoms with van der Waals surface area (Å²) in [6.45, 7) is 7.67. The molecule has 1 nitrogen and oxygen atoms in total. The highest BCUT2D eigenvalue weighted by Gasteiger charge is 2.30. The van der Waals surface area contributed by atoms with E-state index in [1.54, 1.807) is 6.07 Å². The van der Waals surface area contributed by atoms with Gasteiger partial charge in [0.1, 0.15) is 0 Å². The van der Waals surface area contributed by atoms with Gasteiger partial charge in [0.15, 0.2) is 0 Å². The fourth-order valence-corrected chi connectivity index (χ4v) is 1.86. The van der Waals surface area contributed by atoms with Crippen molar-refractivity contribution in [2.24, 2.45) is 0 Å². The Hall–Kier alpha value is -1.97. The highest BCUT2D eigenvalue weighted by molar-refractivity contribution is 5.56. The second kappa shape index (κ2) is 7.16. The van der Waals surface area contributed by atoms with Crippen LogP contribution in [0.2, 0.25) is 0 Å². The minimum absolute atomic E-state index is 0.425. The van der Waals surface area contributed by atoms with Gasteiger partial charge in [-0.2, -0.15) is 13.2 Å². The van der Waals surface area contributed by atoms with Crippen molar-refractivity contribution in [3.8, 4) is 0 Å². The molecule has 0 saturated carbocycles. The third kappa shape index (κ3) is 5.14. The maximum absolute atomic E-state index is 12.7. The van der Waals surface area contributed by atoms with Crippen molar-refractivity contribution in [1.82, 2.24) is 0 Å². The number of anilines is 1. The van der Waals surface area contributed by atoms with Crippen molar-refractivity contribution in [3.05, 3.63) is 64.9 Å². The van der Waals surface area contributed by atoms with Crippen molar-refractivity contribution < 1.29 is 13.2 Å². The summed E-state index contributed by atoms with van der Waals surface area (Å²) in [5.74, 6) is 0. The van der Waals surface area contributed by atoms with Crippen LogP contribution in [-0.4, -0.2) is 0 Å². The van der Waals surface area contributed by atoms with Crippen LogP contribution in [0.1, 0.15) is 33.3 Å². The van der Waals surface area contributed by atoms with E-state index < -0.39 is 11.7 Å². The third-order valence-electron chi connectivity index (χ3n) is 2.89. The lowest BCUT2D eigenvalue weighted by molar-refractivity contribution is -0.137. The van der Waals surface area contributed by atoms with Crippen molar-refractivity contribution in [1.29, 1.82) is 0 Å². The number of benzene rings is 1. The SMILES string of the molecule is C/C=C\C=C(\C)C(Nc1cccc(C(F)(F)F)c1)=C(C)C. The van der Waals surface area contributed by atoms with Gasteiger partial charge in [-0.1, -0.05) is 29.9 Å². The first kappa shape index (κ1) is 17.1. The maximum atomic E-state index is 12.7. The fraction of sp³-hybridized carbons (Fsp3) is 0.294. The number of halogens is 3. The van der Waals surface area contributed by atoms with Crippen LogP contribution in [-0.2, 0) is 6.18 Å². The minimum Gasteiger partial charge on any atom is -0.355 e. The average molecular weight is 295 g/mol. The standard InChI is InChI=1S/C17H20F3N/c1-5-6-8-13(4)16(12(2)3)21-15-10-7-9-14(11-15)17(18,19)20/h5-11,21H,1-4H3/b6-5-,13-8-. The Balaban J connectivity index is 3.10. The van der Waals surface area contributed by atoms with E-state index in [1.165, 1.54) is 6.07 Å². The summed E-state index contributed by atoms with van der Waals surface area (Å²) >= 11 is 0. The highest BCUT2D eigenvalue weighted by Crippen LogP contribution is 2.31. The van der Waals surface area contributed by atoms with E-state index >= 15 is 0 Å². The predicted molar refractivity (Wildman–Crippen MR) is 82.0 cm³/mol. The molecule has 0 heterocycles. The van der Waals surface area contributed by atoms with E-state index in [-0.39, 0.29) is 0 Å². The van der Waals surface area contributed by atoms with Crippen LogP contribution < -0.4 is 5.32 Å². The first-order valence-electron chi connectivity index (χ1n) is 6.67. The summed E-state index contributed by atoms with van der Waals surface area (Å²) < 4.78 is 38.2. The molecule has 1 rings (SSSR count). The molecule has 0 spiro atoms. The molecule has 0 saturated heterocycles. The summed E-state index contributed by atoms with van der Waals surface area (Å²) in [5, 5.41) is 3.08. The maximum Gasteiger partial charge on any atom is 0.416 e. The molecular formula is C17H20F3N. The molecule has 0 radical (unpaired) electrons. The molecule has 0 amide bonds. The first-order valence-corrected chi connectivity index (χ1v) is 6.67. The summed E-state index contributed by atoms with van der Waals surface area (Å²) in [7, 11) is 0. The van der Waals surface area contributed by atoms with Crippen molar-refractivity contribution in [2.75, 3.05) is 5.32 Å². The molecule has 1 aromatic rings. The molecule has 1 aromatic carbocycles. The highest BCUT2D eigenvalue weighted by atomic mass is 19.4. The van der Waals surface area contributed by atoms with Crippen LogP contribution in [0.15, 0.2) is 59.3 Å².